The standard InChI is InChI=1S/C26H27NO2/c1-20(22-10-6-3-7-11-22)27-17-16-26(25(18-27)29-26)23-12-14-24(15-13-23)28-19-21-8-4-2-5-9-21/h2-15,20,25H,16-19H2,1H3/t20-,25-,26-/m1/s1. The smallest absolute Gasteiger partial charge is 0.122 e. The summed E-state index contributed by atoms with van der Waals surface area (Å²) < 4.78 is 12.2. The molecule has 0 bridgehead atoms. The van der Waals surface area contributed by atoms with Crippen molar-refractivity contribution in [3.05, 3.63) is 102 Å². The van der Waals surface area contributed by atoms with E-state index in [4.69, 9.17) is 9.47 Å². The second-order valence-electron chi connectivity index (χ2n) is 8.13. The fourth-order valence-corrected chi connectivity index (χ4v) is 4.51. The van der Waals surface area contributed by atoms with Crippen LogP contribution in [0.25, 0.3) is 0 Å². The topological polar surface area (TPSA) is 25.0 Å². The molecule has 0 spiro atoms. The summed E-state index contributed by atoms with van der Waals surface area (Å²) >= 11 is 0. The van der Waals surface area contributed by atoms with Crippen molar-refractivity contribution in [1.29, 1.82) is 0 Å². The van der Waals surface area contributed by atoms with Crippen LogP contribution in [0.1, 0.15) is 36.1 Å². The molecule has 0 saturated carbocycles. The fraction of sp³-hybridized carbons (Fsp3) is 0.308. The van der Waals surface area contributed by atoms with Crippen molar-refractivity contribution in [2.24, 2.45) is 0 Å². The molecule has 2 aliphatic rings. The van der Waals surface area contributed by atoms with E-state index in [1.807, 2.05) is 18.2 Å². The van der Waals surface area contributed by atoms with E-state index in [1.54, 1.807) is 0 Å². The van der Waals surface area contributed by atoms with Gasteiger partial charge in [-0.25, -0.2) is 0 Å². The summed E-state index contributed by atoms with van der Waals surface area (Å²) in [7, 11) is 0. The Morgan fingerprint density at radius 2 is 1.66 bits per heavy atom. The number of epoxide rings is 1. The maximum absolute atomic E-state index is 6.25. The van der Waals surface area contributed by atoms with E-state index in [2.05, 4.69) is 78.6 Å². The Bertz CT molecular complexity index is 941. The van der Waals surface area contributed by atoms with E-state index < -0.39 is 0 Å². The molecule has 3 aromatic rings. The van der Waals surface area contributed by atoms with Crippen LogP contribution < -0.4 is 4.74 Å². The second kappa shape index (κ2) is 7.66. The van der Waals surface area contributed by atoms with E-state index in [0.717, 1.165) is 25.3 Å². The molecule has 3 heteroatoms. The molecule has 29 heavy (non-hydrogen) atoms. The lowest BCUT2D eigenvalue weighted by molar-refractivity contribution is 0.174. The highest BCUT2D eigenvalue weighted by Gasteiger charge is 2.60. The van der Waals surface area contributed by atoms with Crippen LogP contribution in [0.2, 0.25) is 0 Å². The molecule has 148 valence electrons. The first kappa shape index (κ1) is 18.4. The van der Waals surface area contributed by atoms with Crippen molar-refractivity contribution in [3.63, 3.8) is 0 Å². The van der Waals surface area contributed by atoms with Crippen LogP contribution >= 0.6 is 0 Å². The van der Waals surface area contributed by atoms with E-state index >= 15 is 0 Å². The van der Waals surface area contributed by atoms with Crippen molar-refractivity contribution < 1.29 is 9.47 Å². The van der Waals surface area contributed by atoms with Crippen LogP contribution in [0.15, 0.2) is 84.9 Å². The highest BCUT2D eigenvalue weighted by Crippen LogP contribution is 2.53. The van der Waals surface area contributed by atoms with Gasteiger partial charge in [0, 0.05) is 19.1 Å². The number of benzene rings is 3. The molecule has 0 aromatic heterocycles. The molecule has 0 amide bonds. The number of rotatable bonds is 6. The lowest BCUT2D eigenvalue weighted by Crippen LogP contribution is -2.39. The van der Waals surface area contributed by atoms with Gasteiger partial charge in [0.25, 0.3) is 0 Å². The van der Waals surface area contributed by atoms with Gasteiger partial charge < -0.3 is 9.47 Å². The molecular weight excluding hydrogens is 358 g/mol. The van der Waals surface area contributed by atoms with Crippen molar-refractivity contribution >= 4 is 0 Å². The van der Waals surface area contributed by atoms with Crippen molar-refractivity contribution in [2.75, 3.05) is 13.1 Å². The predicted octanol–water partition coefficient (Wildman–Crippen LogP) is 5.33. The number of piperidine rings is 1. The van der Waals surface area contributed by atoms with Crippen LogP contribution in [0.4, 0.5) is 0 Å². The van der Waals surface area contributed by atoms with Crippen LogP contribution in [-0.2, 0) is 16.9 Å². The average molecular weight is 386 g/mol. The predicted molar refractivity (Wildman–Crippen MR) is 115 cm³/mol. The summed E-state index contributed by atoms with van der Waals surface area (Å²) in [5.41, 5.74) is 3.74. The first-order valence-electron chi connectivity index (χ1n) is 10.5. The lowest BCUT2D eigenvalue weighted by atomic mass is 9.88. The van der Waals surface area contributed by atoms with Gasteiger partial charge in [-0.1, -0.05) is 72.8 Å². The Hall–Kier alpha value is -2.62. The zero-order chi connectivity index (χ0) is 19.7. The minimum absolute atomic E-state index is 0.0924. The second-order valence-corrected chi connectivity index (χ2v) is 8.13. The van der Waals surface area contributed by atoms with Crippen LogP contribution in [0.5, 0.6) is 5.75 Å². The van der Waals surface area contributed by atoms with Crippen molar-refractivity contribution in [3.8, 4) is 5.75 Å². The van der Waals surface area contributed by atoms with Crippen LogP contribution in [0, 0.1) is 0 Å². The molecule has 2 fully saturated rings. The zero-order valence-corrected chi connectivity index (χ0v) is 16.8. The van der Waals surface area contributed by atoms with Crippen molar-refractivity contribution in [1.82, 2.24) is 4.90 Å². The summed E-state index contributed by atoms with van der Waals surface area (Å²) in [5.74, 6) is 0.904. The molecule has 2 saturated heterocycles. The molecule has 5 rings (SSSR count). The Morgan fingerprint density at radius 3 is 2.34 bits per heavy atom. The van der Waals surface area contributed by atoms with E-state index in [9.17, 15) is 0 Å². The SMILES string of the molecule is C[C@H](c1ccccc1)N1CC[C@]2(c3ccc(OCc4ccccc4)cc3)O[C@@H]2C1. The summed E-state index contributed by atoms with van der Waals surface area (Å²) in [6, 6.07) is 29.9. The molecule has 3 nitrogen and oxygen atoms in total. The van der Waals surface area contributed by atoms with Crippen LogP contribution in [0.3, 0.4) is 0 Å². The third-order valence-corrected chi connectivity index (χ3v) is 6.41. The van der Waals surface area contributed by atoms with Crippen molar-refractivity contribution in [2.45, 2.75) is 37.7 Å². The molecule has 0 N–H and O–H groups in total. The highest BCUT2D eigenvalue weighted by atomic mass is 16.6. The molecule has 0 radical (unpaired) electrons. The van der Waals surface area contributed by atoms with Gasteiger partial charge in [0.05, 0.1) is 0 Å². The summed E-state index contributed by atoms with van der Waals surface area (Å²) in [5, 5.41) is 0. The third-order valence-electron chi connectivity index (χ3n) is 6.41. The lowest BCUT2D eigenvalue weighted by Gasteiger charge is -2.33. The number of likely N-dealkylation sites (tertiary alicyclic amines) is 1. The quantitative estimate of drug-likeness (QED) is 0.537. The van der Waals surface area contributed by atoms with Gasteiger partial charge in [0.2, 0.25) is 0 Å². The summed E-state index contributed by atoms with van der Waals surface area (Å²) in [6.45, 7) is 4.93. The minimum Gasteiger partial charge on any atom is -0.489 e. The van der Waals surface area contributed by atoms with Gasteiger partial charge in [0.1, 0.15) is 24.1 Å². The van der Waals surface area contributed by atoms with Gasteiger partial charge in [-0.15, -0.1) is 0 Å². The Morgan fingerprint density at radius 1 is 0.966 bits per heavy atom. The maximum atomic E-state index is 6.25. The maximum Gasteiger partial charge on any atom is 0.122 e. The minimum atomic E-state index is -0.0924. The molecule has 0 aliphatic carbocycles. The summed E-state index contributed by atoms with van der Waals surface area (Å²) in [4.78, 5) is 2.54. The molecule has 2 heterocycles. The number of nitrogens with zero attached hydrogens (tertiary/aromatic N) is 1. The summed E-state index contributed by atoms with van der Waals surface area (Å²) in [6.07, 6.45) is 1.33. The zero-order valence-electron chi connectivity index (χ0n) is 16.8. The number of ether oxygens (including phenoxy) is 2. The first-order chi connectivity index (χ1) is 14.2. The molecular formula is C26H27NO2. The van der Waals surface area contributed by atoms with Gasteiger partial charge in [-0.05, 0) is 42.2 Å². The number of hydrogen-bond donors (Lipinski definition) is 0. The molecule has 2 aliphatic heterocycles. The van der Waals surface area contributed by atoms with E-state index in [0.29, 0.717) is 18.8 Å². The third kappa shape index (κ3) is 3.68. The van der Waals surface area contributed by atoms with Gasteiger partial charge in [-0.2, -0.15) is 0 Å². The Balaban J connectivity index is 1.21. The largest absolute Gasteiger partial charge is 0.489 e. The Labute approximate surface area is 172 Å². The van der Waals surface area contributed by atoms with Crippen LogP contribution in [-0.4, -0.2) is 24.1 Å². The van der Waals surface area contributed by atoms with E-state index in [1.165, 1.54) is 16.7 Å². The molecule has 0 unspecified atom stereocenters. The van der Waals surface area contributed by atoms with E-state index in [-0.39, 0.29) is 5.60 Å². The Kier molecular flexibility index (Phi) is 4.86. The number of hydrogen-bond acceptors (Lipinski definition) is 3. The fourth-order valence-electron chi connectivity index (χ4n) is 4.51. The monoisotopic (exact) mass is 385 g/mol. The molecule has 3 aromatic carbocycles. The number of fused-ring (bicyclic) bond motifs is 1. The normalized spacial score (nSPS) is 24.5. The van der Waals surface area contributed by atoms with Gasteiger partial charge in [0.15, 0.2) is 0 Å². The van der Waals surface area contributed by atoms with Gasteiger partial charge in [-0.3, -0.25) is 4.90 Å². The average Bonchev–Trinajstić information content (AvgIpc) is 3.54. The first-order valence-corrected chi connectivity index (χ1v) is 10.5. The molecule has 3 atom stereocenters. The highest BCUT2D eigenvalue weighted by molar-refractivity contribution is 5.36. The van der Waals surface area contributed by atoms with Gasteiger partial charge >= 0.3 is 0 Å².